The molecule has 6 heteroatoms. The molecule has 2 aliphatic rings. The van der Waals surface area contributed by atoms with E-state index in [1.807, 2.05) is 18.6 Å². The standard InChI is InChI=1S/C20H26N6/c1-25-8-4-6-15(19(25)18-12-22-13-26(18)2)11-23-20-16(10-21)9-14-5-3-7-17(14)24-20/h9,12-13,15,19H,3-8,11H2,1-2H3,(H,23,24)/t15-,19+/m0/s1. The number of nitrogens with zero attached hydrogens (tertiary/aromatic N) is 5. The van der Waals surface area contributed by atoms with Gasteiger partial charge in [0, 0.05) is 25.5 Å². The van der Waals surface area contributed by atoms with Crippen LogP contribution in [-0.2, 0) is 19.9 Å². The number of rotatable bonds is 4. The summed E-state index contributed by atoms with van der Waals surface area (Å²) >= 11 is 0. The summed E-state index contributed by atoms with van der Waals surface area (Å²) in [6.45, 7) is 1.92. The normalized spacial score (nSPS) is 22.8. The van der Waals surface area contributed by atoms with Crippen LogP contribution in [0, 0.1) is 17.2 Å². The second-order valence-electron chi connectivity index (χ2n) is 7.59. The van der Waals surface area contributed by atoms with E-state index in [1.54, 1.807) is 0 Å². The van der Waals surface area contributed by atoms with Crippen LogP contribution in [0.4, 0.5) is 5.82 Å². The highest BCUT2D eigenvalue weighted by Gasteiger charge is 2.32. The number of fused-ring (bicyclic) bond motifs is 1. The first-order valence-electron chi connectivity index (χ1n) is 9.50. The van der Waals surface area contributed by atoms with Crippen LogP contribution in [0.15, 0.2) is 18.6 Å². The van der Waals surface area contributed by atoms with E-state index in [-0.39, 0.29) is 0 Å². The minimum atomic E-state index is 0.337. The number of likely N-dealkylation sites (tertiary alicyclic amines) is 1. The van der Waals surface area contributed by atoms with Gasteiger partial charge in [-0.15, -0.1) is 0 Å². The summed E-state index contributed by atoms with van der Waals surface area (Å²) in [6.07, 6.45) is 9.44. The third-order valence-corrected chi connectivity index (χ3v) is 5.87. The van der Waals surface area contributed by atoms with Crippen molar-refractivity contribution in [2.24, 2.45) is 13.0 Å². The quantitative estimate of drug-likeness (QED) is 0.918. The number of aryl methyl sites for hydroxylation is 3. The summed E-state index contributed by atoms with van der Waals surface area (Å²) in [5.41, 5.74) is 4.33. The van der Waals surface area contributed by atoms with E-state index in [4.69, 9.17) is 4.98 Å². The number of piperidine rings is 1. The van der Waals surface area contributed by atoms with Crippen LogP contribution >= 0.6 is 0 Å². The zero-order chi connectivity index (χ0) is 18.1. The van der Waals surface area contributed by atoms with Crippen LogP contribution < -0.4 is 5.32 Å². The van der Waals surface area contributed by atoms with Crippen molar-refractivity contribution in [3.05, 3.63) is 41.1 Å². The maximum atomic E-state index is 9.52. The second-order valence-corrected chi connectivity index (χ2v) is 7.59. The summed E-state index contributed by atoms with van der Waals surface area (Å²) in [5, 5.41) is 13.0. The van der Waals surface area contributed by atoms with Gasteiger partial charge >= 0.3 is 0 Å². The van der Waals surface area contributed by atoms with Gasteiger partial charge in [-0.05, 0) is 63.2 Å². The van der Waals surface area contributed by atoms with Crippen LogP contribution in [-0.4, -0.2) is 39.6 Å². The molecular weight excluding hydrogens is 324 g/mol. The van der Waals surface area contributed by atoms with Gasteiger partial charge < -0.3 is 9.88 Å². The van der Waals surface area contributed by atoms with Gasteiger partial charge in [0.25, 0.3) is 0 Å². The molecule has 0 saturated carbocycles. The molecule has 3 heterocycles. The lowest BCUT2D eigenvalue weighted by Gasteiger charge is -2.39. The third-order valence-electron chi connectivity index (χ3n) is 5.87. The van der Waals surface area contributed by atoms with Gasteiger partial charge in [-0.1, -0.05) is 0 Å². The summed E-state index contributed by atoms with van der Waals surface area (Å²) in [6, 6.07) is 4.69. The Morgan fingerprint density at radius 3 is 2.96 bits per heavy atom. The second kappa shape index (κ2) is 7.08. The minimum absolute atomic E-state index is 0.337. The maximum Gasteiger partial charge on any atom is 0.144 e. The Morgan fingerprint density at radius 2 is 2.19 bits per heavy atom. The zero-order valence-electron chi connectivity index (χ0n) is 15.6. The maximum absolute atomic E-state index is 9.52. The van der Waals surface area contributed by atoms with Crippen LogP contribution in [0.5, 0.6) is 0 Å². The van der Waals surface area contributed by atoms with Crippen molar-refractivity contribution in [3.63, 3.8) is 0 Å². The molecule has 26 heavy (non-hydrogen) atoms. The fraction of sp³-hybridized carbons (Fsp3) is 0.550. The summed E-state index contributed by atoms with van der Waals surface area (Å²) in [7, 11) is 4.25. The molecule has 0 spiro atoms. The Bertz CT molecular complexity index is 833. The fourth-order valence-electron chi connectivity index (χ4n) is 4.51. The Morgan fingerprint density at radius 1 is 1.31 bits per heavy atom. The van der Waals surface area contributed by atoms with Crippen molar-refractivity contribution in [1.29, 1.82) is 5.26 Å². The van der Waals surface area contributed by atoms with Crippen LogP contribution in [0.3, 0.4) is 0 Å². The first-order chi connectivity index (χ1) is 12.7. The number of pyridine rings is 1. The van der Waals surface area contributed by atoms with Crippen molar-refractivity contribution in [2.75, 3.05) is 25.5 Å². The highest BCUT2D eigenvalue weighted by atomic mass is 15.2. The van der Waals surface area contributed by atoms with Gasteiger partial charge in [0.1, 0.15) is 11.9 Å². The molecule has 1 aliphatic carbocycles. The van der Waals surface area contributed by atoms with Crippen LogP contribution in [0.2, 0.25) is 0 Å². The van der Waals surface area contributed by atoms with E-state index >= 15 is 0 Å². The average molecular weight is 350 g/mol. The lowest BCUT2D eigenvalue weighted by Crippen LogP contribution is -2.39. The van der Waals surface area contributed by atoms with Gasteiger partial charge in [0.15, 0.2) is 0 Å². The van der Waals surface area contributed by atoms with Gasteiger partial charge in [-0.3, -0.25) is 4.90 Å². The predicted molar refractivity (Wildman–Crippen MR) is 101 cm³/mol. The molecule has 1 saturated heterocycles. The van der Waals surface area contributed by atoms with Gasteiger partial charge in [-0.2, -0.15) is 5.26 Å². The Balaban J connectivity index is 1.55. The molecule has 0 unspecified atom stereocenters. The molecular formula is C20H26N6. The number of hydrogen-bond donors (Lipinski definition) is 1. The van der Waals surface area contributed by atoms with E-state index in [2.05, 4.69) is 39.9 Å². The first kappa shape index (κ1) is 17.0. The lowest BCUT2D eigenvalue weighted by molar-refractivity contribution is 0.122. The van der Waals surface area contributed by atoms with Crippen molar-refractivity contribution in [1.82, 2.24) is 19.4 Å². The van der Waals surface area contributed by atoms with E-state index in [0.717, 1.165) is 43.9 Å². The zero-order valence-corrected chi connectivity index (χ0v) is 15.6. The molecule has 136 valence electrons. The highest BCUT2D eigenvalue weighted by molar-refractivity contribution is 5.55. The molecule has 0 radical (unpaired) electrons. The van der Waals surface area contributed by atoms with Crippen LogP contribution in [0.1, 0.15) is 47.8 Å². The summed E-state index contributed by atoms with van der Waals surface area (Å²) in [4.78, 5) is 11.5. The summed E-state index contributed by atoms with van der Waals surface area (Å²) < 4.78 is 2.12. The number of nitriles is 1. The number of imidazole rings is 1. The molecule has 4 rings (SSSR count). The number of nitrogens with one attached hydrogen (secondary N) is 1. The molecule has 2 aromatic heterocycles. The van der Waals surface area contributed by atoms with Gasteiger partial charge in [0.2, 0.25) is 0 Å². The Kier molecular flexibility index (Phi) is 4.64. The molecule has 2 aromatic rings. The minimum Gasteiger partial charge on any atom is -0.369 e. The smallest absolute Gasteiger partial charge is 0.144 e. The molecule has 2 atom stereocenters. The van der Waals surface area contributed by atoms with E-state index in [1.165, 1.54) is 24.1 Å². The molecule has 1 N–H and O–H groups in total. The molecule has 1 aliphatic heterocycles. The SMILES string of the molecule is CN1CCC[C@@H](CNc2nc3c(cc2C#N)CCC3)[C@@H]1c1cncn1C. The average Bonchev–Trinajstić information content (AvgIpc) is 3.27. The van der Waals surface area contributed by atoms with Crippen molar-refractivity contribution in [3.8, 4) is 6.07 Å². The first-order valence-corrected chi connectivity index (χ1v) is 9.50. The molecule has 0 aromatic carbocycles. The number of hydrogen-bond acceptors (Lipinski definition) is 5. The Labute approximate surface area is 154 Å². The number of anilines is 1. The molecule has 0 amide bonds. The Hall–Kier alpha value is -2.39. The van der Waals surface area contributed by atoms with Crippen molar-refractivity contribution in [2.45, 2.75) is 38.1 Å². The molecule has 6 nitrogen and oxygen atoms in total. The monoisotopic (exact) mass is 350 g/mol. The summed E-state index contributed by atoms with van der Waals surface area (Å²) in [5.74, 6) is 1.22. The molecule has 1 fully saturated rings. The highest BCUT2D eigenvalue weighted by Crippen LogP contribution is 2.35. The molecule has 0 bridgehead atoms. The van der Waals surface area contributed by atoms with E-state index in [0.29, 0.717) is 17.5 Å². The van der Waals surface area contributed by atoms with Crippen molar-refractivity contribution >= 4 is 5.82 Å². The lowest BCUT2D eigenvalue weighted by atomic mass is 9.87. The fourth-order valence-corrected chi connectivity index (χ4v) is 4.51. The number of aromatic nitrogens is 3. The van der Waals surface area contributed by atoms with Gasteiger partial charge in [-0.25, -0.2) is 9.97 Å². The van der Waals surface area contributed by atoms with Gasteiger partial charge in [0.05, 0.1) is 23.6 Å². The van der Waals surface area contributed by atoms with Crippen LogP contribution in [0.25, 0.3) is 0 Å². The topological polar surface area (TPSA) is 69.8 Å². The predicted octanol–water partition coefficient (Wildman–Crippen LogP) is 2.67. The van der Waals surface area contributed by atoms with E-state index in [9.17, 15) is 5.26 Å². The van der Waals surface area contributed by atoms with E-state index < -0.39 is 0 Å². The van der Waals surface area contributed by atoms with Crippen molar-refractivity contribution < 1.29 is 0 Å². The largest absolute Gasteiger partial charge is 0.369 e. The third kappa shape index (κ3) is 3.08.